The van der Waals surface area contributed by atoms with E-state index in [1.807, 2.05) is 31.2 Å². The molecule has 2 heterocycles. The lowest BCUT2D eigenvalue weighted by Gasteiger charge is -2.34. The van der Waals surface area contributed by atoms with E-state index < -0.39 is 0 Å². The maximum absolute atomic E-state index is 12.5. The molecule has 1 aliphatic heterocycles. The molecule has 0 aliphatic carbocycles. The van der Waals surface area contributed by atoms with Crippen molar-refractivity contribution in [1.29, 1.82) is 0 Å². The first-order chi connectivity index (χ1) is 16.6. The lowest BCUT2D eigenvalue weighted by atomic mass is 10.1. The number of hydrogen-bond acceptors (Lipinski definition) is 5. The molecule has 1 aromatic heterocycles. The highest BCUT2D eigenvalue weighted by atomic mass is 32.1. The summed E-state index contributed by atoms with van der Waals surface area (Å²) in [5.41, 5.74) is 3.50. The number of aromatic amines is 1. The van der Waals surface area contributed by atoms with Gasteiger partial charge in [-0.25, -0.2) is 0 Å². The molecule has 0 bridgehead atoms. The number of H-pyrrole nitrogens is 1. The standard InChI is InChI=1S/C26H34N6OS/c1-21-9-11-23(12-10-21)25-28-29-26(34)32(25)20-24(33)27-13-5-6-14-30-15-17-31(18-16-30)19-22-7-3-2-4-8-22/h2-4,7-12H,5-6,13-20H2,1H3,(H,27,33)(H,29,34). The zero-order chi connectivity index (χ0) is 23.8. The Bertz CT molecular complexity index is 1100. The van der Waals surface area contributed by atoms with E-state index in [1.54, 1.807) is 4.57 Å². The van der Waals surface area contributed by atoms with Crippen molar-refractivity contribution in [3.8, 4) is 11.4 Å². The number of aryl methyl sites for hydroxylation is 1. The number of unbranched alkanes of at least 4 members (excludes halogenated alkanes) is 1. The van der Waals surface area contributed by atoms with Crippen LogP contribution in [0, 0.1) is 11.7 Å². The Morgan fingerprint density at radius 3 is 2.44 bits per heavy atom. The lowest BCUT2D eigenvalue weighted by molar-refractivity contribution is -0.121. The van der Waals surface area contributed by atoms with E-state index in [2.05, 4.69) is 55.6 Å². The fourth-order valence-corrected chi connectivity index (χ4v) is 4.48. The number of rotatable bonds is 10. The van der Waals surface area contributed by atoms with E-state index in [1.165, 1.54) is 11.1 Å². The molecule has 2 N–H and O–H groups in total. The average molecular weight is 479 g/mol. The molecule has 4 rings (SSSR count). The molecular formula is C26H34N6OS. The van der Waals surface area contributed by atoms with Gasteiger partial charge < -0.3 is 10.2 Å². The molecule has 0 spiro atoms. The third-order valence-corrected chi connectivity index (χ3v) is 6.62. The van der Waals surface area contributed by atoms with Crippen LogP contribution in [-0.4, -0.2) is 69.7 Å². The van der Waals surface area contributed by atoms with Crippen molar-refractivity contribution < 1.29 is 4.79 Å². The molecule has 0 saturated carbocycles. The molecule has 0 unspecified atom stereocenters. The highest BCUT2D eigenvalue weighted by molar-refractivity contribution is 7.71. The minimum atomic E-state index is -0.0413. The Balaban J connectivity index is 1.13. The van der Waals surface area contributed by atoms with Gasteiger partial charge in [0.15, 0.2) is 10.6 Å². The summed E-state index contributed by atoms with van der Waals surface area (Å²) in [6.07, 6.45) is 2.05. The van der Waals surface area contributed by atoms with Crippen LogP contribution < -0.4 is 5.32 Å². The van der Waals surface area contributed by atoms with Gasteiger partial charge in [-0.2, -0.15) is 5.10 Å². The number of benzene rings is 2. The monoisotopic (exact) mass is 478 g/mol. The molecule has 0 radical (unpaired) electrons. The zero-order valence-electron chi connectivity index (χ0n) is 19.9. The predicted molar refractivity (Wildman–Crippen MR) is 138 cm³/mol. The molecule has 2 aromatic carbocycles. The van der Waals surface area contributed by atoms with E-state index in [0.29, 0.717) is 17.1 Å². The van der Waals surface area contributed by atoms with E-state index in [0.717, 1.165) is 57.7 Å². The number of amides is 1. The van der Waals surface area contributed by atoms with Gasteiger partial charge >= 0.3 is 0 Å². The largest absolute Gasteiger partial charge is 0.355 e. The highest BCUT2D eigenvalue weighted by Crippen LogP contribution is 2.17. The summed E-state index contributed by atoms with van der Waals surface area (Å²) in [6, 6.07) is 18.7. The van der Waals surface area contributed by atoms with E-state index in [4.69, 9.17) is 12.2 Å². The molecule has 3 aromatic rings. The van der Waals surface area contributed by atoms with Gasteiger partial charge in [0, 0.05) is 44.8 Å². The number of aromatic nitrogens is 3. The van der Waals surface area contributed by atoms with Gasteiger partial charge in [0.2, 0.25) is 5.91 Å². The average Bonchev–Trinajstić information content (AvgIpc) is 3.21. The van der Waals surface area contributed by atoms with Gasteiger partial charge in [0.1, 0.15) is 6.54 Å². The molecule has 34 heavy (non-hydrogen) atoms. The fourth-order valence-electron chi connectivity index (χ4n) is 4.29. The van der Waals surface area contributed by atoms with Crippen LogP contribution in [0.3, 0.4) is 0 Å². The molecule has 1 saturated heterocycles. The van der Waals surface area contributed by atoms with Crippen LogP contribution in [0.25, 0.3) is 11.4 Å². The minimum absolute atomic E-state index is 0.0413. The first kappa shape index (κ1) is 24.3. The topological polar surface area (TPSA) is 69.2 Å². The summed E-state index contributed by atoms with van der Waals surface area (Å²) < 4.78 is 2.21. The van der Waals surface area contributed by atoms with Gasteiger partial charge in [0.05, 0.1) is 0 Å². The molecular weight excluding hydrogens is 444 g/mol. The molecule has 1 amide bonds. The van der Waals surface area contributed by atoms with Crippen LogP contribution in [0.2, 0.25) is 0 Å². The van der Waals surface area contributed by atoms with Crippen LogP contribution >= 0.6 is 12.2 Å². The minimum Gasteiger partial charge on any atom is -0.355 e. The van der Waals surface area contributed by atoms with Gasteiger partial charge in [-0.3, -0.25) is 19.4 Å². The number of piperazine rings is 1. The van der Waals surface area contributed by atoms with Crippen molar-refractivity contribution in [2.75, 3.05) is 39.3 Å². The van der Waals surface area contributed by atoms with E-state index in [9.17, 15) is 4.79 Å². The summed E-state index contributed by atoms with van der Waals surface area (Å²) in [4.78, 5) is 17.6. The van der Waals surface area contributed by atoms with Gasteiger partial charge in [-0.05, 0) is 44.1 Å². The van der Waals surface area contributed by atoms with Crippen LogP contribution in [0.1, 0.15) is 24.0 Å². The maximum Gasteiger partial charge on any atom is 0.240 e. The second-order valence-electron chi connectivity index (χ2n) is 8.96. The quantitative estimate of drug-likeness (QED) is 0.344. The second kappa shape index (κ2) is 12.1. The summed E-state index contributed by atoms with van der Waals surface area (Å²) in [7, 11) is 0. The maximum atomic E-state index is 12.5. The first-order valence-electron chi connectivity index (χ1n) is 12.1. The van der Waals surface area contributed by atoms with E-state index >= 15 is 0 Å². The summed E-state index contributed by atoms with van der Waals surface area (Å²) in [5, 5.41) is 10.2. The van der Waals surface area contributed by atoms with Gasteiger partial charge in [0.25, 0.3) is 0 Å². The summed E-state index contributed by atoms with van der Waals surface area (Å²) in [6.45, 7) is 9.45. The Kier molecular flexibility index (Phi) is 8.62. The Morgan fingerprint density at radius 1 is 1.00 bits per heavy atom. The Hall–Kier alpha value is -2.81. The van der Waals surface area contributed by atoms with Crippen molar-refractivity contribution >= 4 is 18.1 Å². The number of carbonyl (C=O) groups is 1. The zero-order valence-corrected chi connectivity index (χ0v) is 20.7. The molecule has 8 heteroatoms. The fraction of sp³-hybridized carbons (Fsp3) is 0.423. The van der Waals surface area contributed by atoms with Crippen LogP contribution in [-0.2, 0) is 17.9 Å². The summed E-state index contributed by atoms with van der Waals surface area (Å²) >= 11 is 5.34. The van der Waals surface area contributed by atoms with Crippen molar-refractivity contribution in [3.63, 3.8) is 0 Å². The van der Waals surface area contributed by atoms with Crippen molar-refractivity contribution in [1.82, 2.24) is 29.9 Å². The predicted octanol–water partition coefficient (Wildman–Crippen LogP) is 3.63. The van der Waals surface area contributed by atoms with Crippen LogP contribution in [0.15, 0.2) is 54.6 Å². The number of nitrogens with zero attached hydrogens (tertiary/aromatic N) is 4. The molecule has 7 nitrogen and oxygen atoms in total. The number of hydrogen-bond donors (Lipinski definition) is 2. The Labute approximate surface area is 206 Å². The van der Waals surface area contributed by atoms with E-state index in [-0.39, 0.29) is 12.5 Å². The smallest absolute Gasteiger partial charge is 0.240 e. The van der Waals surface area contributed by atoms with Gasteiger partial charge in [-0.1, -0.05) is 60.2 Å². The number of nitrogens with one attached hydrogen (secondary N) is 2. The number of carbonyl (C=O) groups excluding carboxylic acids is 1. The lowest BCUT2D eigenvalue weighted by Crippen LogP contribution is -2.46. The van der Waals surface area contributed by atoms with Crippen LogP contribution in [0.4, 0.5) is 0 Å². The highest BCUT2D eigenvalue weighted by Gasteiger charge is 2.16. The third-order valence-electron chi connectivity index (χ3n) is 6.31. The molecule has 1 fully saturated rings. The second-order valence-corrected chi connectivity index (χ2v) is 9.35. The SMILES string of the molecule is Cc1ccc(-c2n[nH]c(=S)n2CC(=O)NCCCCN2CCN(Cc3ccccc3)CC2)cc1. The van der Waals surface area contributed by atoms with Crippen molar-refractivity contribution in [3.05, 3.63) is 70.5 Å². The van der Waals surface area contributed by atoms with Crippen molar-refractivity contribution in [2.45, 2.75) is 32.9 Å². The molecule has 180 valence electrons. The Morgan fingerprint density at radius 2 is 1.71 bits per heavy atom. The van der Waals surface area contributed by atoms with Crippen LogP contribution in [0.5, 0.6) is 0 Å². The van der Waals surface area contributed by atoms with Gasteiger partial charge in [-0.15, -0.1) is 0 Å². The molecule has 0 atom stereocenters. The normalized spacial score (nSPS) is 14.9. The third kappa shape index (κ3) is 6.85. The molecule has 1 aliphatic rings. The first-order valence-corrected chi connectivity index (χ1v) is 12.5. The summed E-state index contributed by atoms with van der Waals surface area (Å²) in [5.74, 6) is 0.645. The van der Waals surface area contributed by atoms with Crippen molar-refractivity contribution in [2.24, 2.45) is 0 Å².